The second kappa shape index (κ2) is 4.52. The fourth-order valence-electron chi connectivity index (χ4n) is 1.73. The lowest BCUT2D eigenvalue weighted by Gasteiger charge is -2.06. The summed E-state index contributed by atoms with van der Waals surface area (Å²) in [5.74, 6) is -1.28. The maximum absolute atomic E-state index is 11.7. The van der Waals surface area contributed by atoms with E-state index in [0.29, 0.717) is 10.9 Å². The first-order valence-electron chi connectivity index (χ1n) is 5.48. The van der Waals surface area contributed by atoms with E-state index in [1.165, 1.54) is 0 Å². The number of ether oxygens (including phenoxy) is 1. The second-order valence-corrected chi connectivity index (χ2v) is 3.79. The third kappa shape index (κ3) is 1.84. The summed E-state index contributed by atoms with van der Waals surface area (Å²) >= 11 is 0. The van der Waals surface area contributed by atoms with Gasteiger partial charge in [-0.25, -0.2) is 9.59 Å². The number of aromatic hydroxyl groups is 1. The number of benzene rings is 1. The lowest BCUT2D eigenvalue weighted by molar-refractivity contribution is 0.0518. The minimum atomic E-state index is -0.896. The molecule has 1 aromatic heterocycles. The van der Waals surface area contributed by atoms with E-state index in [4.69, 9.17) is 9.15 Å². The molecule has 18 heavy (non-hydrogen) atoms. The molecule has 0 bridgehead atoms. The molecule has 2 rings (SSSR count). The van der Waals surface area contributed by atoms with Gasteiger partial charge in [-0.15, -0.1) is 0 Å². The average Bonchev–Trinajstić information content (AvgIpc) is 2.31. The number of rotatable bonds is 2. The van der Waals surface area contributed by atoms with Crippen molar-refractivity contribution in [2.45, 2.75) is 13.8 Å². The molecule has 0 aliphatic heterocycles. The van der Waals surface area contributed by atoms with Gasteiger partial charge < -0.3 is 14.3 Å². The number of hydrogen-bond donors (Lipinski definition) is 1. The summed E-state index contributed by atoms with van der Waals surface area (Å²) in [6.45, 7) is 3.47. The van der Waals surface area contributed by atoms with Gasteiger partial charge in [-0.3, -0.25) is 0 Å². The van der Waals surface area contributed by atoms with Gasteiger partial charge in [-0.1, -0.05) is 12.1 Å². The molecule has 0 atom stereocenters. The SMILES string of the molecule is CCOC(=O)c1c(O)c2cccc(C)c2oc1=O. The van der Waals surface area contributed by atoms with Crippen molar-refractivity contribution in [1.82, 2.24) is 0 Å². The van der Waals surface area contributed by atoms with Gasteiger partial charge in [0, 0.05) is 0 Å². The smallest absolute Gasteiger partial charge is 0.354 e. The number of carbonyl (C=O) groups is 1. The Balaban J connectivity index is 2.78. The Morgan fingerprint density at radius 3 is 2.83 bits per heavy atom. The third-order valence-corrected chi connectivity index (χ3v) is 2.58. The highest BCUT2D eigenvalue weighted by Gasteiger charge is 2.22. The van der Waals surface area contributed by atoms with Crippen LogP contribution in [0.5, 0.6) is 5.75 Å². The Bertz CT molecular complexity index is 669. The van der Waals surface area contributed by atoms with Crippen LogP contribution in [0, 0.1) is 6.92 Å². The molecular weight excluding hydrogens is 236 g/mol. The van der Waals surface area contributed by atoms with Crippen molar-refractivity contribution >= 4 is 16.9 Å². The maximum atomic E-state index is 11.7. The molecule has 1 heterocycles. The van der Waals surface area contributed by atoms with Crippen molar-refractivity contribution in [1.29, 1.82) is 0 Å². The van der Waals surface area contributed by atoms with Crippen LogP contribution < -0.4 is 5.63 Å². The summed E-state index contributed by atoms with van der Waals surface area (Å²) in [6.07, 6.45) is 0. The van der Waals surface area contributed by atoms with Gasteiger partial charge >= 0.3 is 11.6 Å². The standard InChI is InChI=1S/C13H12O5/c1-3-17-12(15)9-10(14)8-6-4-5-7(2)11(8)18-13(9)16/h4-6,14H,3H2,1-2H3. The van der Waals surface area contributed by atoms with Gasteiger partial charge in [0.25, 0.3) is 0 Å². The number of fused-ring (bicyclic) bond motifs is 1. The number of carbonyl (C=O) groups excluding carboxylic acids is 1. The molecule has 0 amide bonds. The summed E-state index contributed by atoms with van der Waals surface area (Å²) < 4.78 is 9.77. The van der Waals surface area contributed by atoms with E-state index in [1.807, 2.05) is 0 Å². The summed E-state index contributed by atoms with van der Waals surface area (Å²) in [4.78, 5) is 23.3. The highest BCUT2D eigenvalue weighted by atomic mass is 16.5. The van der Waals surface area contributed by atoms with Crippen LogP contribution in [0.2, 0.25) is 0 Å². The minimum absolute atomic E-state index is 0.115. The number of esters is 1. The van der Waals surface area contributed by atoms with Crippen molar-refractivity contribution < 1.29 is 19.1 Å². The van der Waals surface area contributed by atoms with Crippen LogP contribution in [0.3, 0.4) is 0 Å². The summed E-state index contributed by atoms with van der Waals surface area (Å²) in [7, 11) is 0. The van der Waals surface area contributed by atoms with Crippen LogP contribution in [0.15, 0.2) is 27.4 Å². The first-order chi connectivity index (χ1) is 8.56. The summed E-state index contributed by atoms with van der Waals surface area (Å²) in [6, 6.07) is 5.02. The molecular formula is C13H12O5. The predicted octanol–water partition coefficient (Wildman–Crippen LogP) is 1.98. The van der Waals surface area contributed by atoms with Crippen molar-refractivity contribution in [2.75, 3.05) is 6.61 Å². The number of para-hydroxylation sites is 1. The van der Waals surface area contributed by atoms with E-state index in [2.05, 4.69) is 0 Å². The first-order valence-corrected chi connectivity index (χ1v) is 5.48. The lowest BCUT2D eigenvalue weighted by Crippen LogP contribution is -2.17. The van der Waals surface area contributed by atoms with Crippen molar-refractivity contribution in [3.63, 3.8) is 0 Å². The fourth-order valence-corrected chi connectivity index (χ4v) is 1.73. The molecule has 1 aromatic carbocycles. The van der Waals surface area contributed by atoms with E-state index < -0.39 is 22.9 Å². The molecule has 0 spiro atoms. The van der Waals surface area contributed by atoms with E-state index in [0.717, 1.165) is 0 Å². The van der Waals surface area contributed by atoms with Crippen molar-refractivity contribution in [3.05, 3.63) is 39.7 Å². The van der Waals surface area contributed by atoms with Crippen molar-refractivity contribution in [3.8, 4) is 5.75 Å². The second-order valence-electron chi connectivity index (χ2n) is 3.79. The Morgan fingerprint density at radius 1 is 1.44 bits per heavy atom. The minimum Gasteiger partial charge on any atom is -0.506 e. The Labute approximate surface area is 103 Å². The molecule has 0 radical (unpaired) electrons. The normalized spacial score (nSPS) is 10.6. The van der Waals surface area contributed by atoms with Crippen LogP contribution in [0.25, 0.3) is 11.0 Å². The monoisotopic (exact) mass is 248 g/mol. The summed E-state index contributed by atoms with van der Waals surface area (Å²) in [5.41, 5.74) is -0.383. The van der Waals surface area contributed by atoms with E-state index in [9.17, 15) is 14.7 Å². The van der Waals surface area contributed by atoms with Gasteiger partial charge in [-0.2, -0.15) is 0 Å². The zero-order valence-corrected chi connectivity index (χ0v) is 10.0. The highest BCUT2D eigenvalue weighted by molar-refractivity contribution is 5.99. The van der Waals surface area contributed by atoms with Gasteiger partial charge in [0.05, 0.1) is 12.0 Å². The molecule has 1 N–H and O–H groups in total. The largest absolute Gasteiger partial charge is 0.506 e. The van der Waals surface area contributed by atoms with Gasteiger partial charge in [0.1, 0.15) is 11.3 Å². The van der Waals surface area contributed by atoms with Crippen LogP contribution in [0.1, 0.15) is 22.8 Å². The Hall–Kier alpha value is -2.30. The average molecular weight is 248 g/mol. The van der Waals surface area contributed by atoms with Crippen molar-refractivity contribution in [2.24, 2.45) is 0 Å². The molecule has 94 valence electrons. The van der Waals surface area contributed by atoms with Crippen LogP contribution in [-0.2, 0) is 4.74 Å². The molecule has 5 nitrogen and oxygen atoms in total. The predicted molar refractivity (Wildman–Crippen MR) is 64.8 cm³/mol. The zero-order valence-electron chi connectivity index (χ0n) is 10.0. The highest BCUT2D eigenvalue weighted by Crippen LogP contribution is 2.28. The third-order valence-electron chi connectivity index (χ3n) is 2.58. The molecule has 0 aliphatic rings. The molecule has 0 unspecified atom stereocenters. The molecule has 0 fully saturated rings. The van der Waals surface area contributed by atoms with Gasteiger partial charge in [-0.05, 0) is 25.5 Å². The van der Waals surface area contributed by atoms with Crippen LogP contribution >= 0.6 is 0 Å². The summed E-state index contributed by atoms with van der Waals surface area (Å²) in [5, 5.41) is 10.3. The quantitative estimate of drug-likeness (QED) is 0.649. The zero-order chi connectivity index (χ0) is 13.3. The topological polar surface area (TPSA) is 76.7 Å². The van der Waals surface area contributed by atoms with Gasteiger partial charge in [0.15, 0.2) is 5.56 Å². The number of hydrogen-bond acceptors (Lipinski definition) is 5. The van der Waals surface area contributed by atoms with E-state index in [-0.39, 0.29) is 12.2 Å². The molecule has 2 aromatic rings. The lowest BCUT2D eigenvalue weighted by atomic mass is 10.1. The van der Waals surface area contributed by atoms with Crippen LogP contribution in [-0.4, -0.2) is 17.7 Å². The molecule has 0 saturated carbocycles. The molecule has 5 heteroatoms. The van der Waals surface area contributed by atoms with Crippen LogP contribution in [0.4, 0.5) is 0 Å². The van der Waals surface area contributed by atoms with E-state index in [1.54, 1.807) is 32.0 Å². The first kappa shape index (κ1) is 12.2. The molecule has 0 saturated heterocycles. The Morgan fingerprint density at radius 2 is 2.17 bits per heavy atom. The maximum Gasteiger partial charge on any atom is 0.354 e. The Kier molecular flexibility index (Phi) is 3.06. The van der Waals surface area contributed by atoms with E-state index >= 15 is 0 Å². The molecule has 0 aliphatic carbocycles. The number of aryl methyl sites for hydroxylation is 1. The fraction of sp³-hybridized carbons (Fsp3) is 0.231. The van der Waals surface area contributed by atoms with Gasteiger partial charge in [0.2, 0.25) is 0 Å².